The van der Waals surface area contributed by atoms with Gasteiger partial charge in [-0.05, 0) is 18.9 Å². The van der Waals surface area contributed by atoms with Gasteiger partial charge in [0.2, 0.25) is 0 Å². The molecule has 0 radical (unpaired) electrons. The van der Waals surface area contributed by atoms with Gasteiger partial charge >= 0.3 is 0 Å². The van der Waals surface area contributed by atoms with Gasteiger partial charge in [-0.3, -0.25) is 0 Å². The summed E-state index contributed by atoms with van der Waals surface area (Å²) >= 11 is 0. The molecule has 0 amide bonds. The van der Waals surface area contributed by atoms with Crippen LogP contribution in [-0.2, 0) is 11.3 Å². The summed E-state index contributed by atoms with van der Waals surface area (Å²) in [5, 5.41) is 14.7. The third-order valence-electron chi connectivity index (χ3n) is 3.26. The number of nitrogens with two attached hydrogens (primary N) is 1. The van der Waals surface area contributed by atoms with E-state index in [9.17, 15) is 4.39 Å². The molecule has 0 bridgehead atoms. The van der Waals surface area contributed by atoms with Crippen LogP contribution >= 0.6 is 0 Å². The van der Waals surface area contributed by atoms with Crippen molar-refractivity contribution in [3.63, 3.8) is 0 Å². The number of hydrogen-bond acceptors (Lipinski definition) is 4. The Balaban J connectivity index is 2.04. The molecule has 104 valence electrons. The lowest BCUT2D eigenvalue weighted by molar-refractivity contribution is 0.0775. The topological polar surface area (TPSA) is 79.9 Å². The molecule has 1 saturated heterocycles. The van der Waals surface area contributed by atoms with Gasteiger partial charge in [0, 0.05) is 31.4 Å². The molecule has 0 aliphatic carbocycles. The van der Waals surface area contributed by atoms with Gasteiger partial charge < -0.3 is 21.0 Å². The average Bonchev–Trinajstić information content (AvgIpc) is 2.46. The molecule has 1 aliphatic rings. The minimum absolute atomic E-state index is 0.119. The van der Waals surface area contributed by atoms with Crippen LogP contribution in [0.2, 0.25) is 0 Å². The predicted octanol–water partition coefficient (Wildman–Crippen LogP) is 1.19. The number of oxime groups is 1. The van der Waals surface area contributed by atoms with Crippen molar-refractivity contribution in [1.29, 1.82) is 0 Å². The van der Waals surface area contributed by atoms with Crippen LogP contribution in [0.25, 0.3) is 0 Å². The van der Waals surface area contributed by atoms with E-state index in [0.717, 1.165) is 26.1 Å². The van der Waals surface area contributed by atoms with E-state index < -0.39 is 5.82 Å². The monoisotopic (exact) mass is 267 g/mol. The third-order valence-corrected chi connectivity index (χ3v) is 3.26. The van der Waals surface area contributed by atoms with Gasteiger partial charge in [0.05, 0.1) is 5.56 Å². The highest BCUT2D eigenvalue weighted by atomic mass is 19.1. The molecule has 0 aromatic heterocycles. The van der Waals surface area contributed by atoms with Crippen molar-refractivity contribution in [3.8, 4) is 0 Å². The Morgan fingerprint density at radius 1 is 1.47 bits per heavy atom. The Morgan fingerprint density at radius 2 is 2.21 bits per heavy atom. The molecule has 1 aromatic carbocycles. The second kappa shape index (κ2) is 6.49. The number of halogens is 1. The first kappa shape index (κ1) is 13.8. The smallest absolute Gasteiger partial charge is 0.173 e. The Labute approximate surface area is 111 Å². The summed E-state index contributed by atoms with van der Waals surface area (Å²) in [6, 6.07) is 5.22. The first-order valence-corrected chi connectivity index (χ1v) is 6.28. The standard InChI is InChI=1S/C13H18FN3O2/c14-12-9(2-1-3-11(12)13(15)17-18)8-16-10-4-6-19-7-5-10/h1-3,10,16,18H,4-8H2,(H2,15,17). The van der Waals surface area contributed by atoms with Crippen LogP contribution < -0.4 is 11.1 Å². The summed E-state index contributed by atoms with van der Waals surface area (Å²) in [4.78, 5) is 0. The third kappa shape index (κ3) is 3.42. The van der Waals surface area contributed by atoms with Crippen LogP contribution in [0.3, 0.4) is 0 Å². The maximum atomic E-state index is 14.1. The van der Waals surface area contributed by atoms with Crippen LogP contribution in [0, 0.1) is 5.82 Å². The van der Waals surface area contributed by atoms with Crippen LogP contribution in [0.4, 0.5) is 4.39 Å². The molecule has 2 rings (SSSR count). The molecular formula is C13H18FN3O2. The van der Waals surface area contributed by atoms with Crippen LogP contribution in [0.5, 0.6) is 0 Å². The number of ether oxygens (including phenoxy) is 1. The van der Waals surface area contributed by atoms with Gasteiger partial charge in [-0.25, -0.2) is 4.39 Å². The molecule has 1 aromatic rings. The first-order chi connectivity index (χ1) is 9.22. The molecule has 4 N–H and O–H groups in total. The number of amidine groups is 1. The quantitative estimate of drug-likeness (QED) is 0.331. The zero-order valence-electron chi connectivity index (χ0n) is 10.6. The number of benzene rings is 1. The number of hydrogen-bond donors (Lipinski definition) is 3. The van der Waals surface area contributed by atoms with Gasteiger partial charge in [0.25, 0.3) is 0 Å². The van der Waals surface area contributed by atoms with E-state index in [0.29, 0.717) is 18.2 Å². The molecule has 0 saturated carbocycles. The number of rotatable bonds is 4. The van der Waals surface area contributed by atoms with E-state index in [1.54, 1.807) is 12.1 Å². The largest absolute Gasteiger partial charge is 0.409 e. The molecule has 1 heterocycles. The minimum atomic E-state index is -0.447. The van der Waals surface area contributed by atoms with Gasteiger partial charge in [0.1, 0.15) is 5.82 Å². The summed E-state index contributed by atoms with van der Waals surface area (Å²) in [6.45, 7) is 1.90. The van der Waals surface area contributed by atoms with Crippen molar-refractivity contribution in [3.05, 3.63) is 35.1 Å². The first-order valence-electron chi connectivity index (χ1n) is 6.28. The summed E-state index contributed by atoms with van der Waals surface area (Å²) in [5.41, 5.74) is 6.06. The lowest BCUT2D eigenvalue weighted by Crippen LogP contribution is -2.34. The van der Waals surface area contributed by atoms with Crippen LogP contribution in [0.1, 0.15) is 24.0 Å². The molecule has 0 atom stereocenters. The minimum Gasteiger partial charge on any atom is -0.409 e. The molecule has 6 heteroatoms. The fourth-order valence-corrected chi connectivity index (χ4v) is 2.12. The van der Waals surface area contributed by atoms with Gasteiger partial charge in [-0.2, -0.15) is 0 Å². The molecule has 5 nitrogen and oxygen atoms in total. The second-order valence-electron chi connectivity index (χ2n) is 4.53. The lowest BCUT2D eigenvalue weighted by Gasteiger charge is -2.23. The van der Waals surface area contributed by atoms with E-state index in [4.69, 9.17) is 15.7 Å². The predicted molar refractivity (Wildman–Crippen MR) is 69.6 cm³/mol. The normalized spacial score (nSPS) is 17.6. The van der Waals surface area contributed by atoms with Crippen molar-refractivity contribution in [2.24, 2.45) is 10.9 Å². The highest BCUT2D eigenvalue weighted by molar-refractivity contribution is 5.97. The van der Waals surface area contributed by atoms with Gasteiger partial charge in [0.15, 0.2) is 5.84 Å². The fourth-order valence-electron chi connectivity index (χ4n) is 2.12. The lowest BCUT2D eigenvalue weighted by atomic mass is 10.1. The Hall–Kier alpha value is -1.66. The summed E-state index contributed by atoms with van der Waals surface area (Å²) in [5.74, 6) is -0.664. The molecule has 0 spiro atoms. The highest BCUT2D eigenvalue weighted by Crippen LogP contribution is 2.14. The number of nitrogens with zero attached hydrogens (tertiary/aromatic N) is 1. The van der Waals surface area contributed by atoms with E-state index >= 15 is 0 Å². The average molecular weight is 267 g/mol. The van der Waals surface area contributed by atoms with E-state index in [2.05, 4.69) is 10.5 Å². The van der Waals surface area contributed by atoms with Crippen molar-refractivity contribution in [2.75, 3.05) is 13.2 Å². The zero-order chi connectivity index (χ0) is 13.7. The summed E-state index contributed by atoms with van der Waals surface area (Å²) < 4.78 is 19.4. The van der Waals surface area contributed by atoms with Gasteiger partial charge in [-0.15, -0.1) is 0 Å². The summed E-state index contributed by atoms with van der Waals surface area (Å²) in [6.07, 6.45) is 1.86. The Bertz CT molecular complexity index is 459. The van der Waals surface area contributed by atoms with Crippen molar-refractivity contribution in [2.45, 2.75) is 25.4 Å². The van der Waals surface area contributed by atoms with Crippen molar-refractivity contribution in [1.82, 2.24) is 5.32 Å². The number of nitrogens with one attached hydrogen (secondary N) is 1. The molecule has 0 unspecified atom stereocenters. The van der Waals surface area contributed by atoms with Crippen LogP contribution in [-0.4, -0.2) is 30.3 Å². The SMILES string of the molecule is N/C(=N/O)c1cccc(CNC2CCOCC2)c1F. The fraction of sp³-hybridized carbons (Fsp3) is 0.462. The maximum absolute atomic E-state index is 14.1. The molecule has 1 fully saturated rings. The Kier molecular flexibility index (Phi) is 4.70. The van der Waals surface area contributed by atoms with Crippen molar-refractivity contribution < 1.29 is 14.3 Å². The molecule has 1 aliphatic heterocycles. The Morgan fingerprint density at radius 3 is 2.89 bits per heavy atom. The molecular weight excluding hydrogens is 249 g/mol. The maximum Gasteiger partial charge on any atom is 0.173 e. The summed E-state index contributed by atoms with van der Waals surface area (Å²) in [7, 11) is 0. The highest BCUT2D eigenvalue weighted by Gasteiger charge is 2.15. The molecule has 19 heavy (non-hydrogen) atoms. The van der Waals surface area contributed by atoms with E-state index in [1.807, 2.05) is 0 Å². The zero-order valence-corrected chi connectivity index (χ0v) is 10.6. The van der Waals surface area contributed by atoms with Crippen LogP contribution in [0.15, 0.2) is 23.4 Å². The van der Waals surface area contributed by atoms with Gasteiger partial charge in [-0.1, -0.05) is 17.3 Å². The van der Waals surface area contributed by atoms with E-state index in [1.165, 1.54) is 6.07 Å². The van der Waals surface area contributed by atoms with E-state index in [-0.39, 0.29) is 11.4 Å². The second-order valence-corrected chi connectivity index (χ2v) is 4.53. The van der Waals surface area contributed by atoms with Crippen molar-refractivity contribution >= 4 is 5.84 Å².